The third-order valence-corrected chi connectivity index (χ3v) is 7.15. The number of nitrogens with two attached hydrogens (primary N) is 1. The average Bonchev–Trinajstić information content (AvgIpc) is 3.11. The van der Waals surface area contributed by atoms with Gasteiger partial charge >= 0.3 is 0 Å². The standard InChI is InChI=1S/C22H20N4O4S2/c1-14-18-21(25-13-26(22(18)28)12-16-5-3-2-4-6-16)31-19(14)20(27)24-11-15-7-9-17(10-8-15)32(23,29)30/h2-10,13H,11-12H2,1H3,(H,24,27)(H2,23,29,30). The molecule has 4 aromatic rings. The number of aryl methyl sites for hydroxylation is 1. The highest BCUT2D eigenvalue weighted by atomic mass is 32.2. The van der Waals surface area contributed by atoms with Gasteiger partial charge in [-0.1, -0.05) is 42.5 Å². The summed E-state index contributed by atoms with van der Waals surface area (Å²) in [6.07, 6.45) is 1.50. The Labute approximate surface area is 188 Å². The van der Waals surface area contributed by atoms with Gasteiger partial charge in [0.2, 0.25) is 10.0 Å². The number of nitrogens with zero attached hydrogens (tertiary/aromatic N) is 2. The number of hydrogen-bond donors (Lipinski definition) is 2. The molecule has 0 aliphatic heterocycles. The highest BCUT2D eigenvalue weighted by Crippen LogP contribution is 2.27. The molecular formula is C22H20N4O4S2. The van der Waals surface area contributed by atoms with Gasteiger partial charge in [0, 0.05) is 6.54 Å². The average molecular weight is 469 g/mol. The van der Waals surface area contributed by atoms with E-state index < -0.39 is 10.0 Å². The smallest absolute Gasteiger partial charge is 0.262 e. The number of aromatic nitrogens is 2. The molecule has 32 heavy (non-hydrogen) atoms. The number of amides is 1. The van der Waals surface area contributed by atoms with E-state index in [1.165, 1.54) is 34.4 Å². The Kier molecular flexibility index (Phi) is 5.92. The van der Waals surface area contributed by atoms with Crippen molar-refractivity contribution in [3.05, 3.63) is 92.8 Å². The molecule has 0 aliphatic carbocycles. The second-order valence-corrected chi connectivity index (χ2v) is 9.83. The first-order valence-electron chi connectivity index (χ1n) is 9.66. The maximum absolute atomic E-state index is 13.0. The number of carbonyl (C=O) groups is 1. The van der Waals surface area contributed by atoms with Crippen LogP contribution in [0.5, 0.6) is 0 Å². The van der Waals surface area contributed by atoms with E-state index in [-0.39, 0.29) is 22.9 Å². The lowest BCUT2D eigenvalue weighted by atomic mass is 10.2. The van der Waals surface area contributed by atoms with E-state index >= 15 is 0 Å². The van der Waals surface area contributed by atoms with E-state index in [2.05, 4.69) is 10.3 Å². The Morgan fingerprint density at radius 3 is 2.44 bits per heavy atom. The molecule has 0 fully saturated rings. The maximum Gasteiger partial charge on any atom is 0.262 e. The van der Waals surface area contributed by atoms with Gasteiger partial charge in [0.05, 0.1) is 28.0 Å². The minimum absolute atomic E-state index is 0.00536. The molecule has 0 saturated carbocycles. The number of thiophene rings is 1. The minimum atomic E-state index is -3.77. The lowest BCUT2D eigenvalue weighted by Gasteiger charge is -2.06. The van der Waals surface area contributed by atoms with Crippen LogP contribution in [0.1, 0.15) is 26.4 Å². The fourth-order valence-electron chi connectivity index (χ4n) is 3.33. The molecule has 0 saturated heterocycles. The molecule has 164 valence electrons. The van der Waals surface area contributed by atoms with E-state index in [1.807, 2.05) is 30.3 Å². The summed E-state index contributed by atoms with van der Waals surface area (Å²) in [6, 6.07) is 15.6. The highest BCUT2D eigenvalue weighted by Gasteiger charge is 2.19. The Bertz CT molecular complexity index is 1460. The molecule has 1 amide bonds. The first-order valence-corrected chi connectivity index (χ1v) is 12.0. The Hall–Kier alpha value is -3.34. The summed E-state index contributed by atoms with van der Waals surface area (Å²) in [5, 5.41) is 8.34. The molecule has 0 unspecified atom stereocenters. The van der Waals surface area contributed by atoms with Crippen LogP contribution in [-0.2, 0) is 23.1 Å². The van der Waals surface area contributed by atoms with Crippen LogP contribution >= 0.6 is 11.3 Å². The zero-order valence-electron chi connectivity index (χ0n) is 17.1. The second kappa shape index (κ2) is 8.65. The van der Waals surface area contributed by atoms with Crippen molar-refractivity contribution in [1.29, 1.82) is 0 Å². The molecule has 10 heteroatoms. The van der Waals surface area contributed by atoms with Crippen molar-refractivity contribution in [3.8, 4) is 0 Å². The van der Waals surface area contributed by atoms with E-state index in [9.17, 15) is 18.0 Å². The van der Waals surface area contributed by atoms with Gasteiger partial charge in [-0.25, -0.2) is 18.5 Å². The van der Waals surface area contributed by atoms with E-state index in [0.29, 0.717) is 32.8 Å². The normalized spacial score (nSPS) is 11.6. The first kappa shape index (κ1) is 21.9. The molecule has 0 aliphatic rings. The Morgan fingerprint density at radius 1 is 1.09 bits per heavy atom. The van der Waals surface area contributed by atoms with Crippen LogP contribution in [0.2, 0.25) is 0 Å². The Balaban J connectivity index is 1.55. The van der Waals surface area contributed by atoms with Crippen LogP contribution < -0.4 is 16.0 Å². The number of rotatable bonds is 6. The monoisotopic (exact) mass is 468 g/mol. The van der Waals surface area contributed by atoms with Gasteiger partial charge in [-0.15, -0.1) is 11.3 Å². The van der Waals surface area contributed by atoms with Gasteiger partial charge in [-0.05, 0) is 35.7 Å². The van der Waals surface area contributed by atoms with Crippen LogP contribution in [0.4, 0.5) is 0 Å². The van der Waals surface area contributed by atoms with Crippen molar-refractivity contribution < 1.29 is 13.2 Å². The summed E-state index contributed by atoms with van der Waals surface area (Å²) >= 11 is 1.17. The molecule has 0 spiro atoms. The molecule has 2 aromatic heterocycles. The molecule has 8 nitrogen and oxygen atoms in total. The first-order chi connectivity index (χ1) is 15.2. The number of fused-ring (bicyclic) bond motifs is 1. The van der Waals surface area contributed by atoms with Crippen molar-refractivity contribution >= 4 is 37.5 Å². The summed E-state index contributed by atoms with van der Waals surface area (Å²) in [6.45, 7) is 2.33. The summed E-state index contributed by atoms with van der Waals surface area (Å²) < 4.78 is 24.2. The molecule has 0 radical (unpaired) electrons. The van der Waals surface area contributed by atoms with Gasteiger partial charge in [0.1, 0.15) is 4.83 Å². The summed E-state index contributed by atoms with van der Waals surface area (Å²) in [5.41, 5.74) is 2.10. The number of sulfonamides is 1. The molecule has 0 atom stereocenters. The fraction of sp³-hybridized carbons (Fsp3) is 0.136. The number of carbonyl (C=O) groups excluding carboxylic acids is 1. The predicted molar refractivity (Wildman–Crippen MR) is 123 cm³/mol. The third-order valence-electron chi connectivity index (χ3n) is 5.02. The summed E-state index contributed by atoms with van der Waals surface area (Å²) in [4.78, 5) is 31.1. The zero-order valence-corrected chi connectivity index (χ0v) is 18.7. The number of hydrogen-bond acceptors (Lipinski definition) is 6. The molecule has 2 aromatic carbocycles. The van der Waals surface area contributed by atoms with Crippen LogP contribution in [0.15, 0.2) is 70.6 Å². The second-order valence-electron chi connectivity index (χ2n) is 7.27. The van der Waals surface area contributed by atoms with Gasteiger partial charge in [-0.2, -0.15) is 0 Å². The van der Waals surface area contributed by atoms with Crippen molar-refractivity contribution in [1.82, 2.24) is 14.9 Å². The Morgan fingerprint density at radius 2 is 1.78 bits per heavy atom. The lowest BCUT2D eigenvalue weighted by Crippen LogP contribution is -2.23. The van der Waals surface area contributed by atoms with Crippen molar-refractivity contribution in [2.24, 2.45) is 5.14 Å². The predicted octanol–water partition coefficient (Wildman–Crippen LogP) is 2.39. The highest BCUT2D eigenvalue weighted by molar-refractivity contribution is 7.89. The van der Waals surface area contributed by atoms with Crippen LogP contribution in [-0.4, -0.2) is 23.9 Å². The SMILES string of the molecule is Cc1c(C(=O)NCc2ccc(S(N)(=O)=O)cc2)sc2ncn(Cc3ccccc3)c(=O)c12. The van der Waals surface area contributed by atoms with Gasteiger partial charge in [0.25, 0.3) is 11.5 Å². The van der Waals surface area contributed by atoms with E-state index in [4.69, 9.17) is 5.14 Å². The number of benzene rings is 2. The maximum atomic E-state index is 13.0. The molecule has 2 heterocycles. The van der Waals surface area contributed by atoms with Gasteiger partial charge in [-0.3, -0.25) is 14.2 Å². The summed E-state index contributed by atoms with van der Waals surface area (Å²) in [7, 11) is -3.77. The quantitative estimate of drug-likeness (QED) is 0.450. The molecular weight excluding hydrogens is 448 g/mol. The molecule has 0 bridgehead atoms. The number of nitrogens with one attached hydrogen (secondary N) is 1. The van der Waals surface area contributed by atoms with Gasteiger partial charge in [0.15, 0.2) is 0 Å². The number of primary sulfonamides is 1. The minimum Gasteiger partial charge on any atom is -0.347 e. The molecule has 4 rings (SSSR count). The summed E-state index contributed by atoms with van der Waals surface area (Å²) in [5.74, 6) is -0.324. The topological polar surface area (TPSA) is 124 Å². The largest absolute Gasteiger partial charge is 0.347 e. The third kappa shape index (κ3) is 4.47. The van der Waals surface area contributed by atoms with Crippen LogP contribution in [0.25, 0.3) is 10.2 Å². The lowest BCUT2D eigenvalue weighted by molar-refractivity contribution is 0.0954. The van der Waals surface area contributed by atoms with Crippen molar-refractivity contribution in [2.75, 3.05) is 0 Å². The van der Waals surface area contributed by atoms with E-state index in [0.717, 1.165) is 5.56 Å². The van der Waals surface area contributed by atoms with Gasteiger partial charge < -0.3 is 5.32 Å². The zero-order chi connectivity index (χ0) is 22.9. The van der Waals surface area contributed by atoms with E-state index in [1.54, 1.807) is 19.1 Å². The molecule has 3 N–H and O–H groups in total. The van der Waals surface area contributed by atoms with Crippen LogP contribution in [0, 0.1) is 6.92 Å². The van der Waals surface area contributed by atoms with Crippen molar-refractivity contribution in [2.45, 2.75) is 24.9 Å². The van der Waals surface area contributed by atoms with Crippen LogP contribution in [0.3, 0.4) is 0 Å². The fourth-order valence-corrected chi connectivity index (χ4v) is 4.90. The van der Waals surface area contributed by atoms with Crippen molar-refractivity contribution in [3.63, 3.8) is 0 Å².